The lowest BCUT2D eigenvalue weighted by Crippen LogP contribution is -2.22. The van der Waals surface area contributed by atoms with Crippen LogP contribution in [-0.2, 0) is 22.4 Å². The second-order valence-corrected chi connectivity index (χ2v) is 5.79. The maximum atomic E-state index is 12.8. The molecule has 0 atom stereocenters. The zero-order valence-corrected chi connectivity index (χ0v) is 13.1. The van der Waals surface area contributed by atoms with Gasteiger partial charge in [0, 0.05) is 22.3 Å². The molecule has 0 aliphatic heterocycles. The van der Waals surface area contributed by atoms with E-state index in [0.29, 0.717) is 0 Å². The Morgan fingerprint density at radius 2 is 1.08 bits per heavy atom. The van der Waals surface area contributed by atoms with Crippen LogP contribution in [0.5, 0.6) is 11.5 Å². The molecule has 8 nitrogen and oxygen atoms in total. The average Bonchev–Trinajstić information content (AvgIpc) is 2.55. The first-order valence-corrected chi connectivity index (χ1v) is 7.45. The van der Waals surface area contributed by atoms with E-state index in [1.165, 1.54) is 24.3 Å². The molecule has 3 rings (SSSR count). The van der Waals surface area contributed by atoms with E-state index in [9.17, 15) is 29.4 Å². The number of benzene rings is 2. The summed E-state index contributed by atoms with van der Waals surface area (Å²) in [5, 5.41) is 38.3. The smallest absolute Gasteiger partial charge is 0.307 e. The molecule has 2 aromatic carbocycles. The third-order valence-corrected chi connectivity index (χ3v) is 4.15. The van der Waals surface area contributed by atoms with Gasteiger partial charge in [-0.1, -0.05) is 12.1 Å². The fraction of sp³-hybridized carbons (Fsp3) is 0.111. The standard InChI is InChI=1S/C18H12O8/c19-11(20)5-7-1-3-9-13(15(7)23)18(26)14-10(17(9)25)4-2-8(16(14)24)6-12(21)22/h1-4,23-24H,5-6H2,(H,19,20)(H,21,22). The molecule has 0 saturated carbocycles. The largest absolute Gasteiger partial charge is 0.507 e. The van der Waals surface area contributed by atoms with Crippen LogP contribution in [0.1, 0.15) is 43.0 Å². The Bertz CT molecular complexity index is 925. The maximum Gasteiger partial charge on any atom is 0.307 e. The number of carbonyl (C=O) groups is 4. The molecule has 26 heavy (non-hydrogen) atoms. The van der Waals surface area contributed by atoms with E-state index in [-0.39, 0.29) is 22.3 Å². The Morgan fingerprint density at radius 3 is 1.42 bits per heavy atom. The van der Waals surface area contributed by atoms with E-state index in [0.717, 1.165) is 0 Å². The molecule has 0 radical (unpaired) electrons. The molecule has 0 unspecified atom stereocenters. The minimum Gasteiger partial charge on any atom is -0.507 e. The summed E-state index contributed by atoms with van der Waals surface area (Å²) in [5.41, 5.74) is -1.13. The van der Waals surface area contributed by atoms with Gasteiger partial charge in [0.1, 0.15) is 11.5 Å². The summed E-state index contributed by atoms with van der Waals surface area (Å²) >= 11 is 0. The molecular formula is C18H12O8. The number of aliphatic carboxylic acids is 2. The van der Waals surface area contributed by atoms with Gasteiger partial charge >= 0.3 is 11.9 Å². The van der Waals surface area contributed by atoms with Gasteiger partial charge in [-0.3, -0.25) is 19.2 Å². The van der Waals surface area contributed by atoms with E-state index >= 15 is 0 Å². The normalized spacial score (nSPS) is 12.5. The lowest BCUT2D eigenvalue weighted by atomic mass is 9.81. The number of phenols is 2. The van der Waals surface area contributed by atoms with Gasteiger partial charge in [-0.25, -0.2) is 0 Å². The van der Waals surface area contributed by atoms with Crippen molar-refractivity contribution in [3.63, 3.8) is 0 Å². The van der Waals surface area contributed by atoms with Crippen molar-refractivity contribution in [3.05, 3.63) is 57.6 Å². The molecule has 0 heterocycles. The second-order valence-electron chi connectivity index (χ2n) is 5.79. The van der Waals surface area contributed by atoms with Crippen molar-refractivity contribution < 1.29 is 39.6 Å². The molecule has 0 bridgehead atoms. The van der Waals surface area contributed by atoms with Crippen LogP contribution in [0.4, 0.5) is 0 Å². The fourth-order valence-electron chi connectivity index (χ4n) is 2.99. The van der Waals surface area contributed by atoms with E-state index in [1.807, 2.05) is 0 Å². The molecule has 0 fully saturated rings. The predicted molar refractivity (Wildman–Crippen MR) is 85.8 cm³/mol. The molecule has 1 aliphatic rings. The van der Waals surface area contributed by atoms with Crippen LogP contribution >= 0.6 is 0 Å². The predicted octanol–water partition coefficient (Wildman–Crippen LogP) is 1.13. The fourth-order valence-corrected chi connectivity index (χ4v) is 2.99. The highest BCUT2D eigenvalue weighted by Gasteiger charge is 2.36. The molecule has 0 spiro atoms. The number of carboxylic acids is 2. The molecule has 0 aromatic heterocycles. The van der Waals surface area contributed by atoms with Crippen LogP contribution < -0.4 is 0 Å². The van der Waals surface area contributed by atoms with Crippen LogP contribution in [-0.4, -0.2) is 43.9 Å². The third-order valence-electron chi connectivity index (χ3n) is 4.15. The first kappa shape index (κ1) is 17.2. The van der Waals surface area contributed by atoms with Crippen molar-refractivity contribution in [3.8, 4) is 11.5 Å². The van der Waals surface area contributed by atoms with Gasteiger partial charge in [-0.05, 0) is 12.1 Å². The number of carbonyl (C=O) groups excluding carboxylic acids is 2. The first-order valence-electron chi connectivity index (χ1n) is 7.45. The van der Waals surface area contributed by atoms with Gasteiger partial charge in [0.2, 0.25) is 5.78 Å². The minimum absolute atomic E-state index is 0.0537. The maximum absolute atomic E-state index is 12.8. The summed E-state index contributed by atoms with van der Waals surface area (Å²) in [6.07, 6.45) is -1.11. The molecule has 4 N–H and O–H groups in total. The monoisotopic (exact) mass is 356 g/mol. The summed E-state index contributed by atoms with van der Waals surface area (Å²) in [5.74, 6) is -5.26. The molecular weight excluding hydrogens is 344 g/mol. The summed E-state index contributed by atoms with van der Waals surface area (Å²) in [4.78, 5) is 47.2. The van der Waals surface area contributed by atoms with E-state index in [1.54, 1.807) is 0 Å². The summed E-state index contributed by atoms with van der Waals surface area (Å²) in [7, 11) is 0. The van der Waals surface area contributed by atoms with Crippen LogP contribution in [0.25, 0.3) is 0 Å². The highest BCUT2D eigenvalue weighted by molar-refractivity contribution is 6.30. The Morgan fingerprint density at radius 1 is 0.692 bits per heavy atom. The molecule has 2 aromatic rings. The van der Waals surface area contributed by atoms with Gasteiger partial charge < -0.3 is 20.4 Å². The van der Waals surface area contributed by atoms with E-state index in [4.69, 9.17) is 10.2 Å². The van der Waals surface area contributed by atoms with Gasteiger partial charge in [0.25, 0.3) is 0 Å². The molecule has 1 aliphatic carbocycles. The molecule has 132 valence electrons. The van der Waals surface area contributed by atoms with Gasteiger partial charge in [0.05, 0.1) is 24.0 Å². The first-order chi connectivity index (χ1) is 12.2. The number of phenolic OH excluding ortho intramolecular Hbond substituents is 2. The summed E-state index contributed by atoms with van der Waals surface area (Å²) < 4.78 is 0. The van der Waals surface area contributed by atoms with Crippen LogP contribution in [0.2, 0.25) is 0 Å². The van der Waals surface area contributed by atoms with Crippen LogP contribution in [0, 0.1) is 0 Å². The van der Waals surface area contributed by atoms with Crippen molar-refractivity contribution in [1.82, 2.24) is 0 Å². The number of ketones is 2. The number of aromatic hydroxyl groups is 2. The lowest BCUT2D eigenvalue weighted by Gasteiger charge is -2.21. The topological polar surface area (TPSA) is 149 Å². The van der Waals surface area contributed by atoms with Crippen molar-refractivity contribution in [2.45, 2.75) is 12.8 Å². The number of rotatable bonds is 4. The number of hydrogen-bond donors (Lipinski definition) is 4. The SMILES string of the molecule is O=C(O)Cc1ccc2c(c1O)C(=O)c1c(ccc(CC(=O)O)c1O)C2=O. The number of fused-ring (bicyclic) bond motifs is 2. The van der Waals surface area contributed by atoms with Gasteiger partial charge in [0.15, 0.2) is 5.78 Å². The van der Waals surface area contributed by atoms with Crippen molar-refractivity contribution in [1.29, 1.82) is 0 Å². The van der Waals surface area contributed by atoms with E-state index in [2.05, 4.69) is 0 Å². The minimum atomic E-state index is -1.23. The third kappa shape index (κ3) is 2.57. The highest BCUT2D eigenvalue weighted by atomic mass is 16.4. The highest BCUT2D eigenvalue weighted by Crippen LogP contribution is 2.39. The van der Waals surface area contributed by atoms with Crippen molar-refractivity contribution in [2.24, 2.45) is 0 Å². The zero-order valence-electron chi connectivity index (χ0n) is 13.1. The van der Waals surface area contributed by atoms with Crippen molar-refractivity contribution in [2.75, 3.05) is 0 Å². The Kier molecular flexibility index (Phi) is 3.96. The van der Waals surface area contributed by atoms with Crippen LogP contribution in [0.15, 0.2) is 24.3 Å². The number of hydrogen-bond acceptors (Lipinski definition) is 6. The van der Waals surface area contributed by atoms with E-state index < -0.39 is 59.0 Å². The van der Waals surface area contributed by atoms with Crippen molar-refractivity contribution >= 4 is 23.5 Å². The van der Waals surface area contributed by atoms with Gasteiger partial charge in [-0.2, -0.15) is 0 Å². The average molecular weight is 356 g/mol. The second kappa shape index (κ2) is 5.99. The Balaban J connectivity index is 2.22. The molecule has 0 saturated heterocycles. The Labute approximate surface area is 145 Å². The summed E-state index contributed by atoms with van der Waals surface area (Å²) in [6, 6.07) is 4.99. The van der Waals surface area contributed by atoms with Gasteiger partial charge in [-0.15, -0.1) is 0 Å². The lowest BCUT2D eigenvalue weighted by molar-refractivity contribution is -0.137. The zero-order chi connectivity index (χ0) is 19.2. The molecule has 8 heteroatoms. The number of carboxylic acid groups (broad SMARTS) is 2. The Hall–Kier alpha value is -3.68. The molecule has 0 amide bonds. The summed E-state index contributed by atoms with van der Waals surface area (Å²) in [6.45, 7) is 0. The van der Waals surface area contributed by atoms with Crippen LogP contribution in [0.3, 0.4) is 0 Å². The quantitative estimate of drug-likeness (QED) is 0.543.